The van der Waals surface area contributed by atoms with Crippen molar-refractivity contribution in [1.82, 2.24) is 15.3 Å². The van der Waals surface area contributed by atoms with Crippen LogP contribution in [0.15, 0.2) is 39.8 Å². The molecule has 0 fully saturated rings. The van der Waals surface area contributed by atoms with Crippen molar-refractivity contribution in [2.45, 2.75) is 53.2 Å². The van der Waals surface area contributed by atoms with E-state index >= 15 is 0 Å². The van der Waals surface area contributed by atoms with Crippen LogP contribution in [0, 0.1) is 13.8 Å². The lowest BCUT2D eigenvalue weighted by Gasteiger charge is -2.17. The molecule has 1 aromatic carbocycles. The van der Waals surface area contributed by atoms with Crippen molar-refractivity contribution in [3.63, 3.8) is 0 Å². The standard InChI is InChI=1S/C22H25N3O4/c1-5-6-16-9-20(26)29-21-14(3)19(8-7-18(16)21)28-15(4)22(27)25-12-17-11-23-13(2)10-24-17/h7-11,15H,5-6,12H2,1-4H3,(H,25,27). The van der Waals surface area contributed by atoms with E-state index in [2.05, 4.69) is 22.2 Å². The van der Waals surface area contributed by atoms with Crippen LogP contribution in [0.1, 0.15) is 42.8 Å². The highest BCUT2D eigenvalue weighted by Gasteiger charge is 2.18. The van der Waals surface area contributed by atoms with Crippen molar-refractivity contribution in [3.05, 3.63) is 63.5 Å². The summed E-state index contributed by atoms with van der Waals surface area (Å²) in [5.74, 6) is 0.236. The average Bonchev–Trinajstić information content (AvgIpc) is 2.70. The zero-order valence-corrected chi connectivity index (χ0v) is 17.1. The van der Waals surface area contributed by atoms with Crippen LogP contribution in [0.3, 0.4) is 0 Å². The minimum atomic E-state index is -0.727. The second kappa shape index (κ2) is 8.86. The van der Waals surface area contributed by atoms with Gasteiger partial charge in [0.05, 0.1) is 24.1 Å². The minimum absolute atomic E-state index is 0.270. The van der Waals surface area contributed by atoms with E-state index in [-0.39, 0.29) is 18.1 Å². The Morgan fingerprint density at radius 3 is 2.72 bits per heavy atom. The quantitative estimate of drug-likeness (QED) is 0.617. The Morgan fingerprint density at radius 1 is 1.24 bits per heavy atom. The highest BCUT2D eigenvalue weighted by atomic mass is 16.5. The smallest absolute Gasteiger partial charge is 0.336 e. The molecule has 1 N–H and O–H groups in total. The first kappa shape index (κ1) is 20.5. The van der Waals surface area contributed by atoms with Gasteiger partial charge in [0.1, 0.15) is 11.3 Å². The van der Waals surface area contributed by atoms with Crippen molar-refractivity contribution in [1.29, 1.82) is 0 Å². The molecule has 3 rings (SSSR count). The molecule has 1 amide bonds. The number of benzene rings is 1. The zero-order valence-electron chi connectivity index (χ0n) is 17.1. The number of aromatic nitrogens is 2. The van der Waals surface area contributed by atoms with Crippen molar-refractivity contribution in [3.8, 4) is 5.75 Å². The van der Waals surface area contributed by atoms with E-state index in [1.807, 2.05) is 26.0 Å². The van der Waals surface area contributed by atoms with Gasteiger partial charge < -0.3 is 14.5 Å². The Bertz CT molecular complexity index is 1070. The molecule has 7 heteroatoms. The topological polar surface area (TPSA) is 94.3 Å². The van der Waals surface area contributed by atoms with Gasteiger partial charge in [-0.25, -0.2) is 4.79 Å². The van der Waals surface area contributed by atoms with Gasteiger partial charge in [0.15, 0.2) is 6.10 Å². The SMILES string of the molecule is CCCc1cc(=O)oc2c(C)c(OC(C)C(=O)NCc3cnc(C)cn3)ccc12. The number of rotatable bonds is 7. The summed E-state index contributed by atoms with van der Waals surface area (Å²) in [7, 11) is 0. The van der Waals surface area contributed by atoms with Gasteiger partial charge in [-0.05, 0) is 44.9 Å². The van der Waals surface area contributed by atoms with E-state index in [4.69, 9.17) is 9.15 Å². The fourth-order valence-electron chi connectivity index (χ4n) is 3.09. The summed E-state index contributed by atoms with van der Waals surface area (Å²) in [6.45, 7) is 7.68. The van der Waals surface area contributed by atoms with Crippen molar-refractivity contribution in [2.75, 3.05) is 0 Å². The van der Waals surface area contributed by atoms with Crippen LogP contribution < -0.4 is 15.7 Å². The van der Waals surface area contributed by atoms with E-state index in [9.17, 15) is 9.59 Å². The molecule has 1 atom stereocenters. The maximum atomic E-state index is 12.4. The fourth-order valence-corrected chi connectivity index (χ4v) is 3.09. The molecule has 1 unspecified atom stereocenters. The maximum Gasteiger partial charge on any atom is 0.336 e. The number of nitrogens with zero attached hydrogens (tertiary/aromatic N) is 2. The highest BCUT2D eigenvalue weighted by molar-refractivity contribution is 5.85. The number of hydrogen-bond donors (Lipinski definition) is 1. The normalized spacial score (nSPS) is 12.0. The number of amides is 1. The second-order valence-corrected chi connectivity index (χ2v) is 7.03. The van der Waals surface area contributed by atoms with Crippen LogP contribution in [0.2, 0.25) is 0 Å². The number of carbonyl (C=O) groups is 1. The van der Waals surface area contributed by atoms with E-state index in [1.165, 1.54) is 6.07 Å². The molecule has 0 aliphatic rings. The zero-order chi connectivity index (χ0) is 21.0. The summed E-state index contributed by atoms with van der Waals surface area (Å²) in [5, 5.41) is 3.68. The summed E-state index contributed by atoms with van der Waals surface area (Å²) < 4.78 is 11.3. The number of carbonyl (C=O) groups excluding carboxylic acids is 1. The van der Waals surface area contributed by atoms with Gasteiger partial charge in [0.2, 0.25) is 0 Å². The fraction of sp³-hybridized carbons (Fsp3) is 0.364. The molecule has 29 heavy (non-hydrogen) atoms. The summed E-state index contributed by atoms with van der Waals surface area (Å²) >= 11 is 0. The first-order chi connectivity index (χ1) is 13.9. The molecule has 0 aliphatic heterocycles. The summed E-state index contributed by atoms with van der Waals surface area (Å²) in [4.78, 5) is 32.7. The Hall–Kier alpha value is -3.22. The van der Waals surface area contributed by atoms with Gasteiger partial charge in [-0.15, -0.1) is 0 Å². The predicted molar refractivity (Wildman–Crippen MR) is 110 cm³/mol. The third kappa shape index (κ3) is 4.80. The predicted octanol–water partition coefficient (Wildman–Crippen LogP) is 3.24. The molecule has 0 spiro atoms. The lowest BCUT2D eigenvalue weighted by Crippen LogP contribution is -2.36. The van der Waals surface area contributed by atoms with Crippen molar-refractivity contribution >= 4 is 16.9 Å². The number of fused-ring (bicyclic) bond motifs is 1. The van der Waals surface area contributed by atoms with Crippen LogP contribution in [0.5, 0.6) is 5.75 Å². The Morgan fingerprint density at radius 2 is 2.03 bits per heavy atom. The molecule has 0 bridgehead atoms. The van der Waals surface area contributed by atoms with Crippen molar-refractivity contribution < 1.29 is 13.9 Å². The number of aryl methyl sites for hydroxylation is 3. The van der Waals surface area contributed by atoms with Crippen LogP contribution in [-0.2, 0) is 17.8 Å². The lowest BCUT2D eigenvalue weighted by atomic mass is 10.0. The molecule has 0 saturated heterocycles. The number of ether oxygens (including phenoxy) is 1. The maximum absolute atomic E-state index is 12.4. The molecule has 0 saturated carbocycles. The molecule has 152 valence electrons. The van der Waals surface area contributed by atoms with Gasteiger partial charge in [-0.3, -0.25) is 14.8 Å². The van der Waals surface area contributed by atoms with E-state index < -0.39 is 6.10 Å². The molecular weight excluding hydrogens is 370 g/mol. The summed E-state index contributed by atoms with van der Waals surface area (Å²) in [5.41, 5.74) is 3.26. The van der Waals surface area contributed by atoms with E-state index in [0.29, 0.717) is 22.6 Å². The summed E-state index contributed by atoms with van der Waals surface area (Å²) in [6, 6.07) is 5.22. The minimum Gasteiger partial charge on any atom is -0.480 e. The van der Waals surface area contributed by atoms with Crippen LogP contribution >= 0.6 is 0 Å². The van der Waals surface area contributed by atoms with Gasteiger partial charge in [-0.1, -0.05) is 13.3 Å². The Balaban J connectivity index is 1.74. The van der Waals surface area contributed by atoms with Crippen LogP contribution in [0.4, 0.5) is 0 Å². The molecular formula is C22H25N3O4. The Labute approximate surface area is 169 Å². The second-order valence-electron chi connectivity index (χ2n) is 7.03. The molecule has 2 heterocycles. The summed E-state index contributed by atoms with van der Waals surface area (Å²) in [6.07, 6.45) is 4.28. The first-order valence-corrected chi connectivity index (χ1v) is 9.67. The Kier molecular flexibility index (Phi) is 6.26. The number of hydrogen-bond acceptors (Lipinski definition) is 6. The molecule has 0 radical (unpaired) electrons. The van der Waals surface area contributed by atoms with Gasteiger partial charge in [0.25, 0.3) is 5.91 Å². The first-order valence-electron chi connectivity index (χ1n) is 9.67. The van der Waals surface area contributed by atoms with Gasteiger partial charge in [0, 0.05) is 23.2 Å². The molecule has 3 aromatic rings. The third-order valence-corrected chi connectivity index (χ3v) is 4.67. The van der Waals surface area contributed by atoms with Gasteiger partial charge >= 0.3 is 5.63 Å². The average molecular weight is 395 g/mol. The highest BCUT2D eigenvalue weighted by Crippen LogP contribution is 2.29. The van der Waals surface area contributed by atoms with Crippen LogP contribution in [-0.4, -0.2) is 22.0 Å². The van der Waals surface area contributed by atoms with Crippen LogP contribution in [0.25, 0.3) is 11.0 Å². The van der Waals surface area contributed by atoms with E-state index in [1.54, 1.807) is 19.3 Å². The van der Waals surface area contributed by atoms with E-state index in [0.717, 1.165) is 29.5 Å². The monoisotopic (exact) mass is 395 g/mol. The molecule has 0 aliphatic carbocycles. The molecule has 7 nitrogen and oxygen atoms in total. The third-order valence-electron chi connectivity index (χ3n) is 4.67. The van der Waals surface area contributed by atoms with Crippen molar-refractivity contribution in [2.24, 2.45) is 0 Å². The lowest BCUT2D eigenvalue weighted by molar-refractivity contribution is -0.127. The largest absolute Gasteiger partial charge is 0.480 e. The van der Waals surface area contributed by atoms with Gasteiger partial charge in [-0.2, -0.15) is 0 Å². The number of nitrogens with one attached hydrogen (secondary N) is 1. The molecule has 2 aromatic heterocycles.